The zero-order valence-corrected chi connectivity index (χ0v) is 20.3. The maximum Gasteiger partial charge on any atom is 1.00 e. The van der Waals surface area contributed by atoms with Crippen molar-refractivity contribution < 1.29 is 87.1 Å². The number of nitrogens with zero attached hydrogens (tertiary/aromatic N) is 2. The van der Waals surface area contributed by atoms with Crippen molar-refractivity contribution in [2.45, 2.75) is 4.90 Å². The van der Waals surface area contributed by atoms with Gasteiger partial charge in [-0.05, 0) is 46.7 Å². The number of anilines is 1. The van der Waals surface area contributed by atoms with E-state index in [2.05, 4.69) is 10.2 Å². The number of fused-ring (bicyclic) bond motifs is 1. The molecule has 29 heavy (non-hydrogen) atoms. The van der Waals surface area contributed by atoms with E-state index in [0.29, 0.717) is 5.69 Å². The number of nitrogens with two attached hydrogens (primary N) is 1. The molecule has 0 aliphatic heterocycles. The monoisotopic (exact) mass is 431 g/mol. The van der Waals surface area contributed by atoms with Crippen LogP contribution >= 0.6 is 0 Å². The second kappa shape index (κ2) is 10.0. The number of carbonyl (C=O) groups is 1. The van der Waals surface area contributed by atoms with Crippen molar-refractivity contribution in [2.75, 3.05) is 5.73 Å². The Balaban J connectivity index is 0.00000210. The number of rotatable bonds is 4. The zero-order valence-electron chi connectivity index (χ0n) is 15.5. The summed E-state index contributed by atoms with van der Waals surface area (Å²) in [6.45, 7) is 0. The molecule has 0 bridgehead atoms. The molecule has 3 aromatic carbocycles. The molecule has 3 rings (SSSR count). The van der Waals surface area contributed by atoms with Crippen molar-refractivity contribution in [1.29, 1.82) is 0 Å². The fourth-order valence-corrected chi connectivity index (χ4v) is 3.07. The number of carboxylic acid groups (broad SMARTS) is 1. The predicted octanol–water partition coefficient (Wildman–Crippen LogP) is -4.47. The van der Waals surface area contributed by atoms with E-state index in [-0.39, 0.29) is 81.1 Å². The van der Waals surface area contributed by atoms with Crippen LogP contribution in [-0.2, 0) is 10.1 Å². The first-order chi connectivity index (χ1) is 12.7. The van der Waals surface area contributed by atoms with Crippen molar-refractivity contribution in [3.8, 4) is 5.75 Å². The molecule has 0 unspecified atom stereocenters. The third-order valence-electron chi connectivity index (χ3n) is 3.70. The fraction of sp³-hybridized carbons (Fsp3) is 0. The average Bonchev–Trinajstić information content (AvgIpc) is 2.60. The zero-order chi connectivity index (χ0) is 19.8. The van der Waals surface area contributed by atoms with E-state index in [4.69, 9.17) is 5.73 Å². The Morgan fingerprint density at radius 1 is 1.00 bits per heavy atom. The van der Waals surface area contributed by atoms with Gasteiger partial charge in [0.2, 0.25) is 0 Å². The van der Waals surface area contributed by atoms with Gasteiger partial charge in [0.05, 0.1) is 17.3 Å². The van der Waals surface area contributed by atoms with Crippen molar-refractivity contribution in [3.05, 3.63) is 54.1 Å². The number of carbonyl (C=O) groups excluding carboxylic acids is 1. The Morgan fingerprint density at radius 3 is 2.17 bits per heavy atom. The molecule has 0 saturated carbocycles. The van der Waals surface area contributed by atoms with Crippen LogP contribution in [0.15, 0.2) is 63.7 Å². The fourth-order valence-electron chi connectivity index (χ4n) is 2.42. The van der Waals surface area contributed by atoms with Crippen LogP contribution < -0.4 is 75.1 Å². The van der Waals surface area contributed by atoms with Gasteiger partial charge in [-0.2, -0.15) is 13.5 Å². The molecular formula is C17H11N3Na2O6S. The third-order valence-corrected chi connectivity index (χ3v) is 4.57. The minimum Gasteiger partial charge on any atom is -0.871 e. The van der Waals surface area contributed by atoms with Gasteiger partial charge in [-0.3, -0.25) is 4.55 Å². The van der Waals surface area contributed by atoms with Gasteiger partial charge in [-0.15, -0.1) is 5.11 Å². The smallest absolute Gasteiger partial charge is 0.871 e. The van der Waals surface area contributed by atoms with Gasteiger partial charge in [0, 0.05) is 5.69 Å². The standard InChI is InChI=1S/C17H13N3O6S.2Na/c18-11-3-6-13-10(7-11)8-14(27(24,25)26)15(16(13)21)20-19-12-4-1-9(2-5-12)17(22)23;;/h1-8,21H,18H2,(H,22,23)(H,24,25,26);;/q;2*+1/p-2. The molecule has 12 heteroatoms. The van der Waals surface area contributed by atoms with Gasteiger partial charge in [-0.1, -0.05) is 23.9 Å². The largest absolute Gasteiger partial charge is 1.00 e. The maximum atomic E-state index is 12.6. The molecule has 0 aliphatic rings. The van der Waals surface area contributed by atoms with Gasteiger partial charge in [0.15, 0.2) is 0 Å². The van der Waals surface area contributed by atoms with Gasteiger partial charge >= 0.3 is 59.1 Å². The van der Waals surface area contributed by atoms with Crippen LogP contribution in [0.25, 0.3) is 10.8 Å². The summed E-state index contributed by atoms with van der Waals surface area (Å²) in [5.74, 6) is -2.13. The van der Waals surface area contributed by atoms with Gasteiger partial charge in [0.1, 0.15) is 4.90 Å². The molecule has 0 fully saturated rings. The number of nitrogen functional groups attached to an aromatic ring is 1. The Bertz CT molecular complexity index is 1200. The Morgan fingerprint density at radius 2 is 1.62 bits per heavy atom. The van der Waals surface area contributed by atoms with Crippen LogP contribution in [0.5, 0.6) is 5.75 Å². The molecule has 0 radical (unpaired) electrons. The molecule has 0 atom stereocenters. The van der Waals surface area contributed by atoms with E-state index in [1.54, 1.807) is 0 Å². The normalized spacial score (nSPS) is 11.1. The Kier molecular flexibility index (Phi) is 8.81. The van der Waals surface area contributed by atoms with E-state index in [0.717, 1.165) is 6.07 Å². The second-order valence-corrected chi connectivity index (χ2v) is 6.93. The van der Waals surface area contributed by atoms with E-state index >= 15 is 0 Å². The molecule has 138 valence electrons. The Hall–Kier alpha value is -1.50. The number of hydrogen-bond donors (Lipinski definition) is 2. The van der Waals surface area contributed by atoms with Gasteiger partial charge in [0.25, 0.3) is 10.1 Å². The van der Waals surface area contributed by atoms with Crippen LogP contribution in [0.1, 0.15) is 10.4 Å². The molecule has 0 aromatic heterocycles. The number of hydrogen-bond acceptors (Lipinski definition) is 8. The Labute approximate surface area is 210 Å². The first kappa shape index (κ1) is 25.5. The second-order valence-electron chi connectivity index (χ2n) is 5.54. The summed E-state index contributed by atoms with van der Waals surface area (Å²) in [5.41, 5.74) is 5.46. The number of aromatic carboxylic acids is 1. The van der Waals surface area contributed by atoms with Crippen LogP contribution in [0.3, 0.4) is 0 Å². The third kappa shape index (κ3) is 5.77. The quantitative estimate of drug-likeness (QED) is 0.182. The van der Waals surface area contributed by atoms with Crippen LogP contribution in [0.4, 0.5) is 17.1 Å². The molecule has 0 spiro atoms. The van der Waals surface area contributed by atoms with Gasteiger partial charge < -0.3 is 20.7 Å². The number of carboxylic acids is 1. The summed E-state index contributed by atoms with van der Waals surface area (Å²) in [6.07, 6.45) is 0. The van der Waals surface area contributed by atoms with Crippen molar-refractivity contribution in [2.24, 2.45) is 10.2 Å². The van der Waals surface area contributed by atoms with Crippen molar-refractivity contribution >= 4 is 43.9 Å². The maximum absolute atomic E-state index is 12.6. The molecule has 9 nitrogen and oxygen atoms in total. The number of azo groups is 1. The summed E-state index contributed by atoms with van der Waals surface area (Å²) in [4.78, 5) is 10.0. The van der Waals surface area contributed by atoms with E-state index in [1.807, 2.05) is 0 Å². The molecule has 0 aliphatic carbocycles. The van der Waals surface area contributed by atoms with Crippen molar-refractivity contribution in [1.82, 2.24) is 0 Å². The van der Waals surface area contributed by atoms with Crippen molar-refractivity contribution in [3.63, 3.8) is 0 Å². The van der Waals surface area contributed by atoms with E-state index < -0.39 is 32.4 Å². The summed E-state index contributed by atoms with van der Waals surface area (Å²) in [6, 6.07) is 10.4. The van der Waals surface area contributed by atoms with Gasteiger partial charge in [-0.25, -0.2) is 0 Å². The molecule has 0 heterocycles. The summed E-state index contributed by atoms with van der Waals surface area (Å²) >= 11 is 0. The molecule has 0 amide bonds. The summed E-state index contributed by atoms with van der Waals surface area (Å²) in [7, 11) is -4.76. The summed E-state index contributed by atoms with van der Waals surface area (Å²) in [5, 5.41) is 31.1. The van der Waals surface area contributed by atoms with Crippen LogP contribution in [0, 0.1) is 0 Å². The number of benzene rings is 3. The first-order valence-corrected chi connectivity index (χ1v) is 8.85. The minimum absolute atomic E-state index is 0. The molecule has 3 aromatic rings. The average molecular weight is 431 g/mol. The first-order valence-electron chi connectivity index (χ1n) is 7.41. The van der Waals surface area contributed by atoms with Crippen LogP contribution in [0.2, 0.25) is 0 Å². The molecular weight excluding hydrogens is 420 g/mol. The summed E-state index contributed by atoms with van der Waals surface area (Å²) < 4.78 is 32.8. The topological polar surface area (TPSA) is 168 Å². The van der Waals surface area contributed by atoms with E-state index in [9.17, 15) is 28.0 Å². The molecule has 0 saturated heterocycles. The van der Waals surface area contributed by atoms with Crippen LogP contribution in [-0.4, -0.2) is 18.9 Å². The predicted molar refractivity (Wildman–Crippen MR) is 92.6 cm³/mol. The van der Waals surface area contributed by atoms with E-state index in [1.165, 1.54) is 42.5 Å². The minimum atomic E-state index is -4.76. The molecule has 3 N–H and O–H groups in total. The SMILES string of the molecule is Nc1ccc2c([O-])c(N=Nc3ccc(C(=O)[O-])cc3)c(S(=O)(=O)O)cc2c1.[Na+].[Na+].